The molecule has 0 heterocycles. The molecule has 78 valence electrons. The van der Waals surface area contributed by atoms with Crippen LogP contribution in [0.25, 0.3) is 0 Å². The molecule has 0 unspecified atom stereocenters. The van der Waals surface area contributed by atoms with Gasteiger partial charge in [0.15, 0.2) is 0 Å². The molecule has 0 N–H and O–H groups in total. The topological polar surface area (TPSA) is 24.7 Å². The third-order valence-corrected chi connectivity index (χ3v) is 1.26. The molecule has 14 heavy (non-hydrogen) atoms. The lowest BCUT2D eigenvalue weighted by atomic mass is 10.2. The summed E-state index contributed by atoms with van der Waals surface area (Å²) in [6, 6.07) is 0. The van der Waals surface area contributed by atoms with Gasteiger partial charge < -0.3 is 0 Å². The molecule has 0 aliphatic carbocycles. The Morgan fingerprint density at radius 2 is 1.86 bits per heavy atom. The highest BCUT2D eigenvalue weighted by Crippen LogP contribution is 1.96. The zero-order valence-electron chi connectivity index (χ0n) is 9.45. The van der Waals surface area contributed by atoms with E-state index in [0.717, 1.165) is 17.8 Å². The largest absolute Gasteiger partial charge is 0.268 e. The number of rotatable bonds is 5. The molecule has 0 rings (SSSR count). The van der Waals surface area contributed by atoms with Crippen molar-refractivity contribution >= 4 is 12.4 Å². The third-order valence-electron chi connectivity index (χ3n) is 1.26. The van der Waals surface area contributed by atoms with Gasteiger partial charge in [-0.1, -0.05) is 26.5 Å². The quantitative estimate of drug-likeness (QED) is 0.468. The van der Waals surface area contributed by atoms with Crippen molar-refractivity contribution in [2.45, 2.75) is 27.2 Å². The SMILES string of the molecule is C=CCC(C=C)=N/C=C(/C)N=C.CC. The van der Waals surface area contributed by atoms with E-state index >= 15 is 0 Å². The Morgan fingerprint density at radius 3 is 2.21 bits per heavy atom. The summed E-state index contributed by atoms with van der Waals surface area (Å²) < 4.78 is 0. The lowest BCUT2D eigenvalue weighted by molar-refractivity contribution is 1.27. The lowest BCUT2D eigenvalue weighted by Gasteiger charge is -1.92. The molecule has 0 bridgehead atoms. The fraction of sp³-hybridized carbons (Fsp3) is 0.333. The predicted octanol–water partition coefficient (Wildman–Crippen LogP) is 3.78. The number of hydrogen-bond acceptors (Lipinski definition) is 2. The monoisotopic (exact) mass is 192 g/mol. The molecule has 0 aromatic rings. The summed E-state index contributed by atoms with van der Waals surface area (Å²) in [5, 5.41) is 0. The third kappa shape index (κ3) is 8.65. The Labute approximate surface area is 87.5 Å². The van der Waals surface area contributed by atoms with Crippen LogP contribution < -0.4 is 0 Å². The molecule has 0 saturated heterocycles. The highest BCUT2D eigenvalue weighted by molar-refractivity contribution is 5.95. The minimum Gasteiger partial charge on any atom is -0.268 e. The van der Waals surface area contributed by atoms with Crippen LogP contribution in [0.5, 0.6) is 0 Å². The van der Waals surface area contributed by atoms with Crippen molar-refractivity contribution in [2.75, 3.05) is 0 Å². The Hall–Kier alpha value is -1.44. The summed E-state index contributed by atoms with van der Waals surface area (Å²) in [4.78, 5) is 7.83. The molecule has 0 radical (unpaired) electrons. The summed E-state index contributed by atoms with van der Waals surface area (Å²) in [5.41, 5.74) is 1.67. The molecule has 0 aromatic carbocycles. The van der Waals surface area contributed by atoms with Crippen LogP contribution in [0.1, 0.15) is 27.2 Å². The van der Waals surface area contributed by atoms with E-state index in [1.807, 2.05) is 20.8 Å². The van der Waals surface area contributed by atoms with Crippen molar-refractivity contribution < 1.29 is 0 Å². The van der Waals surface area contributed by atoms with Gasteiger partial charge in [-0.05, 0) is 19.7 Å². The van der Waals surface area contributed by atoms with Gasteiger partial charge in [-0.15, -0.1) is 6.58 Å². The number of nitrogens with zero attached hydrogens (tertiary/aromatic N) is 2. The lowest BCUT2D eigenvalue weighted by Crippen LogP contribution is -1.88. The van der Waals surface area contributed by atoms with Crippen LogP contribution in [-0.2, 0) is 0 Å². The van der Waals surface area contributed by atoms with E-state index in [-0.39, 0.29) is 0 Å². The van der Waals surface area contributed by atoms with E-state index in [1.165, 1.54) is 0 Å². The van der Waals surface area contributed by atoms with Crippen molar-refractivity contribution in [3.8, 4) is 0 Å². The number of aliphatic imine (C=N–C) groups is 2. The molecule has 0 saturated carbocycles. The van der Waals surface area contributed by atoms with Crippen LogP contribution in [0.2, 0.25) is 0 Å². The van der Waals surface area contributed by atoms with E-state index in [4.69, 9.17) is 0 Å². The Kier molecular flexibility index (Phi) is 12.4. The minimum atomic E-state index is 0.727. The van der Waals surface area contributed by atoms with Gasteiger partial charge in [-0.25, -0.2) is 0 Å². The molecule has 0 amide bonds. The van der Waals surface area contributed by atoms with Crippen molar-refractivity contribution in [1.29, 1.82) is 0 Å². The van der Waals surface area contributed by atoms with Crippen molar-refractivity contribution in [3.05, 3.63) is 37.2 Å². The summed E-state index contributed by atoms with van der Waals surface area (Å²) >= 11 is 0. The fourth-order valence-corrected chi connectivity index (χ4v) is 0.554. The summed E-state index contributed by atoms with van der Waals surface area (Å²) in [7, 11) is 0. The number of hydrogen-bond donors (Lipinski definition) is 0. The van der Waals surface area contributed by atoms with Gasteiger partial charge >= 0.3 is 0 Å². The van der Waals surface area contributed by atoms with E-state index in [0.29, 0.717) is 0 Å². The predicted molar refractivity (Wildman–Crippen MR) is 67.1 cm³/mol. The molecule has 0 aromatic heterocycles. The van der Waals surface area contributed by atoms with Crippen LogP contribution >= 0.6 is 0 Å². The van der Waals surface area contributed by atoms with E-state index in [1.54, 1.807) is 18.4 Å². The van der Waals surface area contributed by atoms with Crippen LogP contribution in [0.4, 0.5) is 0 Å². The molecule has 2 nitrogen and oxygen atoms in total. The first-order valence-electron chi connectivity index (χ1n) is 4.68. The second-order valence-corrected chi connectivity index (χ2v) is 2.25. The Balaban J connectivity index is 0. The summed E-state index contributed by atoms with van der Waals surface area (Å²) in [6.07, 6.45) is 5.87. The second-order valence-electron chi connectivity index (χ2n) is 2.25. The standard InChI is InChI=1S/C10H14N2.C2H6/c1-5-7-10(6-2)12-8-9(3)11-4;1-2/h5-6,8H,1-2,4,7H2,3H3;1-2H3/b9-8-,12-10?;. The zero-order chi connectivity index (χ0) is 11.4. The van der Waals surface area contributed by atoms with Gasteiger partial charge in [0.05, 0.1) is 5.70 Å². The number of allylic oxidation sites excluding steroid dienone is 3. The first-order valence-corrected chi connectivity index (χ1v) is 4.68. The first-order chi connectivity index (χ1) is 6.74. The Bertz CT molecular complexity index is 235. The fourth-order valence-electron chi connectivity index (χ4n) is 0.554. The summed E-state index contributed by atoms with van der Waals surface area (Å²) in [5.74, 6) is 0. The zero-order valence-corrected chi connectivity index (χ0v) is 9.45. The van der Waals surface area contributed by atoms with E-state index < -0.39 is 0 Å². The maximum Gasteiger partial charge on any atom is 0.0547 e. The first kappa shape index (κ1) is 15.1. The molecule has 0 aliphatic rings. The highest BCUT2D eigenvalue weighted by atomic mass is 14.8. The highest BCUT2D eigenvalue weighted by Gasteiger charge is 1.86. The molecule has 0 atom stereocenters. The van der Waals surface area contributed by atoms with E-state index in [9.17, 15) is 0 Å². The van der Waals surface area contributed by atoms with Gasteiger partial charge in [0.1, 0.15) is 0 Å². The van der Waals surface area contributed by atoms with Gasteiger partial charge in [0.2, 0.25) is 0 Å². The maximum absolute atomic E-state index is 4.13. The molecule has 0 fully saturated rings. The molecule has 2 heteroatoms. The van der Waals surface area contributed by atoms with Crippen LogP contribution in [-0.4, -0.2) is 12.4 Å². The summed E-state index contributed by atoms with van der Waals surface area (Å²) in [6.45, 7) is 16.5. The van der Waals surface area contributed by atoms with Gasteiger partial charge in [-0.3, -0.25) is 9.98 Å². The molecular formula is C12H20N2. The Morgan fingerprint density at radius 1 is 1.29 bits per heavy atom. The van der Waals surface area contributed by atoms with Crippen LogP contribution in [0.15, 0.2) is 47.2 Å². The molecule has 0 aliphatic heterocycles. The maximum atomic E-state index is 4.13. The van der Waals surface area contributed by atoms with Gasteiger partial charge in [-0.2, -0.15) is 0 Å². The molecular weight excluding hydrogens is 172 g/mol. The average Bonchev–Trinajstić information content (AvgIpc) is 2.26. The van der Waals surface area contributed by atoms with Crippen molar-refractivity contribution in [3.63, 3.8) is 0 Å². The van der Waals surface area contributed by atoms with E-state index in [2.05, 4.69) is 29.9 Å². The van der Waals surface area contributed by atoms with Crippen molar-refractivity contribution in [2.24, 2.45) is 9.98 Å². The van der Waals surface area contributed by atoms with Gasteiger partial charge in [0.25, 0.3) is 0 Å². The second kappa shape index (κ2) is 11.6. The van der Waals surface area contributed by atoms with Crippen LogP contribution in [0.3, 0.4) is 0 Å². The normalized spacial score (nSPS) is 11.1. The van der Waals surface area contributed by atoms with Crippen LogP contribution in [0, 0.1) is 0 Å². The molecule has 0 spiro atoms. The smallest absolute Gasteiger partial charge is 0.0547 e. The van der Waals surface area contributed by atoms with Gasteiger partial charge in [0, 0.05) is 18.3 Å². The van der Waals surface area contributed by atoms with Crippen molar-refractivity contribution in [1.82, 2.24) is 0 Å². The minimum absolute atomic E-state index is 0.727. The average molecular weight is 192 g/mol.